The van der Waals surface area contributed by atoms with E-state index in [1.807, 2.05) is 6.07 Å². The molecule has 0 aliphatic carbocycles. The fourth-order valence-electron chi connectivity index (χ4n) is 4.25. The zero-order valence-corrected chi connectivity index (χ0v) is 19.9. The summed E-state index contributed by atoms with van der Waals surface area (Å²) in [7, 11) is 0. The average molecular weight is 508 g/mol. The van der Waals surface area contributed by atoms with Crippen LogP contribution in [0.4, 0.5) is 0 Å². The van der Waals surface area contributed by atoms with Gasteiger partial charge < -0.3 is 39.1 Å². The number of amides is 1. The highest BCUT2D eigenvalue weighted by Gasteiger charge is 2.29. The van der Waals surface area contributed by atoms with Crippen molar-refractivity contribution in [1.29, 1.82) is 0 Å². The molecule has 1 amide bonds. The number of pyridine rings is 1. The zero-order chi connectivity index (χ0) is 25.9. The lowest BCUT2D eigenvalue weighted by molar-refractivity contribution is -0.121. The highest BCUT2D eigenvalue weighted by Crippen LogP contribution is 2.39. The molecule has 0 radical (unpaired) electrons. The summed E-state index contributed by atoms with van der Waals surface area (Å²) >= 11 is 0. The Kier molecular flexibility index (Phi) is 6.59. The molecule has 2 aromatic carbocycles. The SMILES string of the molecule is CCOC(=O)c1c[nH]c(=O)c([C@@H](CC(=O)NCc2ccc3c(c2)OCO3)c2ccc3c(c2)OCO3)c1O. The van der Waals surface area contributed by atoms with Crippen LogP contribution in [-0.4, -0.2) is 42.2 Å². The number of aromatic nitrogens is 1. The maximum atomic E-state index is 13.1. The van der Waals surface area contributed by atoms with Crippen molar-refractivity contribution in [2.24, 2.45) is 0 Å². The lowest BCUT2D eigenvalue weighted by Gasteiger charge is -2.19. The zero-order valence-electron chi connectivity index (χ0n) is 19.9. The number of rotatable bonds is 8. The number of H-pyrrole nitrogens is 1. The summed E-state index contributed by atoms with van der Waals surface area (Å²) in [4.78, 5) is 40.8. The normalized spacial score (nSPS) is 13.8. The largest absolute Gasteiger partial charge is 0.506 e. The van der Waals surface area contributed by atoms with Gasteiger partial charge in [0.05, 0.1) is 12.2 Å². The number of hydrogen-bond donors (Lipinski definition) is 3. The van der Waals surface area contributed by atoms with Gasteiger partial charge in [0.2, 0.25) is 19.5 Å². The highest BCUT2D eigenvalue weighted by atomic mass is 16.7. The van der Waals surface area contributed by atoms with Gasteiger partial charge in [-0.1, -0.05) is 12.1 Å². The van der Waals surface area contributed by atoms with Gasteiger partial charge in [-0.15, -0.1) is 0 Å². The summed E-state index contributed by atoms with van der Waals surface area (Å²) in [6.45, 7) is 2.10. The van der Waals surface area contributed by atoms with Crippen LogP contribution in [0.15, 0.2) is 47.4 Å². The van der Waals surface area contributed by atoms with Crippen molar-refractivity contribution in [3.05, 3.63) is 75.2 Å². The third kappa shape index (κ3) is 4.88. The molecule has 5 rings (SSSR count). The van der Waals surface area contributed by atoms with Gasteiger partial charge in [0.25, 0.3) is 5.56 Å². The van der Waals surface area contributed by atoms with E-state index in [0.717, 1.165) is 11.8 Å². The van der Waals surface area contributed by atoms with Crippen LogP contribution in [0, 0.1) is 0 Å². The minimum absolute atomic E-state index is 0.0453. The molecule has 2 aliphatic rings. The van der Waals surface area contributed by atoms with E-state index < -0.39 is 23.2 Å². The van der Waals surface area contributed by atoms with Crippen molar-refractivity contribution in [2.45, 2.75) is 25.8 Å². The van der Waals surface area contributed by atoms with E-state index in [2.05, 4.69) is 10.3 Å². The van der Waals surface area contributed by atoms with Crippen LogP contribution in [0.1, 0.15) is 46.3 Å². The van der Waals surface area contributed by atoms with Crippen LogP contribution in [0.2, 0.25) is 0 Å². The van der Waals surface area contributed by atoms with Crippen LogP contribution in [0.5, 0.6) is 28.7 Å². The van der Waals surface area contributed by atoms with E-state index in [-0.39, 0.29) is 50.2 Å². The van der Waals surface area contributed by atoms with Crippen molar-refractivity contribution in [1.82, 2.24) is 10.3 Å². The number of carbonyl (C=O) groups excluding carboxylic acids is 2. The molecule has 1 aromatic heterocycles. The minimum atomic E-state index is -0.913. The first-order valence-corrected chi connectivity index (χ1v) is 11.6. The lowest BCUT2D eigenvalue weighted by atomic mass is 9.87. The Balaban J connectivity index is 1.44. The van der Waals surface area contributed by atoms with E-state index in [9.17, 15) is 19.5 Å². The standard InChI is InChI=1S/C26H24N2O9/c1-2-33-26(32)17-11-28-25(31)23(24(17)30)16(15-4-6-19-21(8-15)37-13-35-19)9-22(29)27-10-14-3-5-18-20(7-14)36-12-34-18/h3-8,11,16H,2,9-10,12-13H2,1H3,(H,27,29)(H2,28,30,31)/t16-/m0/s1. The van der Waals surface area contributed by atoms with Gasteiger partial charge >= 0.3 is 5.97 Å². The molecule has 192 valence electrons. The summed E-state index contributed by atoms with van der Waals surface area (Å²) in [5.74, 6) is -0.451. The van der Waals surface area contributed by atoms with Crippen molar-refractivity contribution < 1.29 is 38.4 Å². The Labute approximate surface area is 210 Å². The number of aromatic amines is 1. The first kappa shape index (κ1) is 24.0. The Morgan fingerprint density at radius 1 is 1.03 bits per heavy atom. The van der Waals surface area contributed by atoms with Gasteiger partial charge in [0, 0.05) is 25.1 Å². The molecule has 0 saturated heterocycles. The molecular weight excluding hydrogens is 484 g/mol. The lowest BCUT2D eigenvalue weighted by Crippen LogP contribution is -2.27. The maximum Gasteiger partial charge on any atom is 0.343 e. The van der Waals surface area contributed by atoms with Crippen molar-refractivity contribution >= 4 is 11.9 Å². The second-order valence-electron chi connectivity index (χ2n) is 8.35. The molecule has 11 nitrogen and oxygen atoms in total. The molecule has 37 heavy (non-hydrogen) atoms. The number of nitrogens with one attached hydrogen (secondary N) is 2. The highest BCUT2D eigenvalue weighted by molar-refractivity contribution is 5.92. The Bertz CT molecular complexity index is 1420. The summed E-state index contributed by atoms with van der Waals surface area (Å²) < 4.78 is 26.5. The van der Waals surface area contributed by atoms with Crippen molar-refractivity contribution in [2.75, 3.05) is 20.2 Å². The maximum absolute atomic E-state index is 13.1. The number of carbonyl (C=O) groups is 2. The van der Waals surface area contributed by atoms with Crippen LogP contribution in [-0.2, 0) is 16.1 Å². The van der Waals surface area contributed by atoms with E-state index in [1.165, 1.54) is 0 Å². The number of esters is 1. The third-order valence-electron chi connectivity index (χ3n) is 6.06. The average Bonchev–Trinajstić information content (AvgIpc) is 3.55. The number of hydrogen-bond acceptors (Lipinski definition) is 9. The Morgan fingerprint density at radius 3 is 2.43 bits per heavy atom. The van der Waals surface area contributed by atoms with Crippen LogP contribution in [0.25, 0.3) is 0 Å². The molecule has 0 bridgehead atoms. The number of benzene rings is 2. The molecule has 2 aliphatic heterocycles. The predicted octanol–water partition coefficient (Wildman–Crippen LogP) is 2.55. The van der Waals surface area contributed by atoms with Gasteiger partial charge in [-0.05, 0) is 42.3 Å². The Hall–Kier alpha value is -4.67. The molecule has 3 N–H and O–H groups in total. The van der Waals surface area contributed by atoms with E-state index in [4.69, 9.17) is 23.7 Å². The molecular formula is C26H24N2O9. The number of ether oxygens (including phenoxy) is 5. The van der Waals surface area contributed by atoms with E-state index >= 15 is 0 Å². The monoisotopic (exact) mass is 508 g/mol. The summed E-state index contributed by atoms with van der Waals surface area (Å²) in [6.07, 6.45) is 0.892. The van der Waals surface area contributed by atoms with E-state index in [1.54, 1.807) is 37.3 Å². The van der Waals surface area contributed by atoms with Crippen molar-refractivity contribution in [3.63, 3.8) is 0 Å². The topological polar surface area (TPSA) is 145 Å². The first-order valence-electron chi connectivity index (χ1n) is 11.6. The minimum Gasteiger partial charge on any atom is -0.506 e. The summed E-state index contributed by atoms with van der Waals surface area (Å²) in [5.41, 5.74) is 0.328. The molecule has 0 spiro atoms. The van der Waals surface area contributed by atoms with Crippen LogP contribution in [0.3, 0.4) is 0 Å². The molecule has 1 atom stereocenters. The molecule has 0 unspecified atom stereocenters. The first-order chi connectivity index (χ1) is 17.9. The molecule has 0 fully saturated rings. The predicted molar refractivity (Wildman–Crippen MR) is 128 cm³/mol. The quantitative estimate of drug-likeness (QED) is 0.391. The van der Waals surface area contributed by atoms with Gasteiger partial charge in [-0.2, -0.15) is 0 Å². The van der Waals surface area contributed by atoms with Crippen LogP contribution >= 0.6 is 0 Å². The molecule has 3 heterocycles. The number of fused-ring (bicyclic) bond motifs is 2. The fourth-order valence-corrected chi connectivity index (χ4v) is 4.25. The van der Waals surface area contributed by atoms with Gasteiger partial charge in [-0.25, -0.2) is 4.79 Å². The third-order valence-corrected chi connectivity index (χ3v) is 6.06. The van der Waals surface area contributed by atoms with Gasteiger partial charge in [0.15, 0.2) is 23.0 Å². The number of aromatic hydroxyl groups is 1. The molecule has 3 aromatic rings. The smallest absolute Gasteiger partial charge is 0.343 e. The van der Waals surface area contributed by atoms with Crippen molar-refractivity contribution in [3.8, 4) is 28.7 Å². The van der Waals surface area contributed by atoms with Gasteiger partial charge in [-0.3, -0.25) is 9.59 Å². The Morgan fingerprint density at radius 2 is 1.70 bits per heavy atom. The van der Waals surface area contributed by atoms with Crippen LogP contribution < -0.4 is 29.8 Å². The fraction of sp³-hybridized carbons (Fsp3) is 0.269. The summed E-state index contributed by atoms with van der Waals surface area (Å²) in [5, 5.41) is 13.8. The second kappa shape index (κ2) is 10.1. The van der Waals surface area contributed by atoms with Gasteiger partial charge in [0.1, 0.15) is 11.3 Å². The van der Waals surface area contributed by atoms with E-state index in [0.29, 0.717) is 28.6 Å². The molecule has 0 saturated carbocycles. The second-order valence-corrected chi connectivity index (χ2v) is 8.35. The molecule has 11 heteroatoms. The summed E-state index contributed by atoms with van der Waals surface area (Å²) in [6, 6.07) is 10.3.